The van der Waals surface area contributed by atoms with Crippen LogP contribution in [0.3, 0.4) is 0 Å². The first-order valence-electron chi connectivity index (χ1n) is 6.30. The van der Waals surface area contributed by atoms with Crippen LogP contribution in [0.25, 0.3) is 0 Å². The van der Waals surface area contributed by atoms with Crippen molar-refractivity contribution < 1.29 is 14.7 Å². The second kappa shape index (κ2) is 7.64. The molecule has 0 bridgehead atoms. The number of nitrogens with zero attached hydrogens (tertiary/aromatic N) is 1. The predicted molar refractivity (Wildman–Crippen MR) is 82.2 cm³/mol. The molecule has 1 rings (SSSR count). The quantitative estimate of drug-likeness (QED) is 0.837. The van der Waals surface area contributed by atoms with E-state index < -0.39 is 5.97 Å². The number of halogens is 2. The third-order valence-electron chi connectivity index (χ3n) is 2.83. The largest absolute Gasteiger partial charge is 0.481 e. The molecule has 0 aliphatic heterocycles. The van der Waals surface area contributed by atoms with Crippen molar-refractivity contribution in [3.63, 3.8) is 0 Å². The number of benzene rings is 1. The van der Waals surface area contributed by atoms with Crippen LogP contribution in [-0.2, 0) is 4.79 Å². The maximum Gasteiger partial charge on any atom is 0.303 e. The molecule has 0 heterocycles. The van der Waals surface area contributed by atoms with Crippen LogP contribution in [0, 0.1) is 0 Å². The van der Waals surface area contributed by atoms with Crippen LogP contribution in [0.4, 0.5) is 0 Å². The Bertz CT molecular complexity index is 505. The third kappa shape index (κ3) is 4.80. The molecule has 0 aromatic heterocycles. The Morgan fingerprint density at radius 2 is 2.05 bits per heavy atom. The molecule has 0 radical (unpaired) electrons. The van der Waals surface area contributed by atoms with Gasteiger partial charge in [0.25, 0.3) is 5.91 Å². The summed E-state index contributed by atoms with van der Waals surface area (Å²) in [5.74, 6) is -1.01. The van der Waals surface area contributed by atoms with Crippen LogP contribution in [-0.4, -0.2) is 34.5 Å². The normalized spacial score (nSPS) is 10.7. The zero-order chi connectivity index (χ0) is 15.3. The van der Waals surface area contributed by atoms with E-state index in [2.05, 4.69) is 15.9 Å². The SMILES string of the molecule is CC(C)N(CCCC(=O)O)C(=O)c1cc(Cl)ccc1Br. The van der Waals surface area contributed by atoms with Gasteiger partial charge in [-0.05, 0) is 54.4 Å². The molecule has 0 saturated carbocycles. The fourth-order valence-corrected chi connectivity index (χ4v) is 2.40. The van der Waals surface area contributed by atoms with E-state index >= 15 is 0 Å². The monoisotopic (exact) mass is 361 g/mol. The molecule has 0 aliphatic rings. The minimum atomic E-state index is -0.856. The molecule has 6 heteroatoms. The number of amides is 1. The van der Waals surface area contributed by atoms with Gasteiger partial charge in [-0.15, -0.1) is 0 Å². The summed E-state index contributed by atoms with van der Waals surface area (Å²) >= 11 is 9.26. The molecular formula is C14H17BrClNO3. The maximum atomic E-state index is 12.5. The fraction of sp³-hybridized carbons (Fsp3) is 0.429. The summed E-state index contributed by atoms with van der Waals surface area (Å²) in [6.45, 7) is 4.20. The van der Waals surface area contributed by atoms with Gasteiger partial charge in [0.15, 0.2) is 0 Å². The number of hydrogen-bond donors (Lipinski definition) is 1. The Labute approximate surface area is 131 Å². The van der Waals surface area contributed by atoms with Crippen molar-refractivity contribution in [1.82, 2.24) is 4.90 Å². The van der Waals surface area contributed by atoms with E-state index in [9.17, 15) is 9.59 Å². The van der Waals surface area contributed by atoms with E-state index in [0.717, 1.165) is 0 Å². The molecule has 0 aliphatic carbocycles. The van der Waals surface area contributed by atoms with Crippen molar-refractivity contribution in [3.8, 4) is 0 Å². The lowest BCUT2D eigenvalue weighted by atomic mass is 10.1. The summed E-state index contributed by atoms with van der Waals surface area (Å²) in [5, 5.41) is 9.16. The van der Waals surface area contributed by atoms with Crippen LogP contribution < -0.4 is 0 Å². The molecule has 1 aromatic carbocycles. The van der Waals surface area contributed by atoms with E-state index in [1.165, 1.54) is 0 Å². The average molecular weight is 363 g/mol. The second-order valence-corrected chi connectivity index (χ2v) is 6.00. The summed E-state index contributed by atoms with van der Waals surface area (Å²) in [7, 11) is 0. The summed E-state index contributed by atoms with van der Waals surface area (Å²) in [5.41, 5.74) is 0.488. The summed E-state index contributed by atoms with van der Waals surface area (Å²) in [4.78, 5) is 24.7. The van der Waals surface area contributed by atoms with Gasteiger partial charge in [0.1, 0.15) is 0 Å². The van der Waals surface area contributed by atoms with Crippen LogP contribution in [0.1, 0.15) is 37.0 Å². The van der Waals surface area contributed by atoms with Crippen molar-refractivity contribution >= 4 is 39.4 Å². The lowest BCUT2D eigenvalue weighted by Crippen LogP contribution is -2.38. The molecule has 1 amide bonds. The predicted octanol–water partition coefficient (Wildman–Crippen LogP) is 3.82. The molecule has 0 unspecified atom stereocenters. The van der Waals surface area contributed by atoms with Crippen molar-refractivity contribution in [2.24, 2.45) is 0 Å². The van der Waals surface area contributed by atoms with Gasteiger partial charge in [-0.25, -0.2) is 0 Å². The number of aliphatic carboxylic acids is 1. The molecule has 0 saturated heterocycles. The van der Waals surface area contributed by atoms with E-state index in [4.69, 9.17) is 16.7 Å². The topological polar surface area (TPSA) is 57.6 Å². The number of hydrogen-bond acceptors (Lipinski definition) is 2. The lowest BCUT2D eigenvalue weighted by molar-refractivity contribution is -0.137. The first kappa shape index (κ1) is 17.0. The standard InChI is InChI=1S/C14H17BrClNO3/c1-9(2)17(7-3-4-13(18)19)14(20)11-8-10(16)5-6-12(11)15/h5-6,8-9H,3-4,7H2,1-2H3,(H,18,19). The highest BCUT2D eigenvalue weighted by atomic mass is 79.9. The van der Waals surface area contributed by atoms with Gasteiger partial charge in [0, 0.05) is 28.5 Å². The zero-order valence-electron chi connectivity index (χ0n) is 11.4. The Balaban J connectivity index is 2.88. The molecule has 4 nitrogen and oxygen atoms in total. The van der Waals surface area contributed by atoms with Gasteiger partial charge in [-0.1, -0.05) is 11.6 Å². The molecule has 0 atom stereocenters. The highest BCUT2D eigenvalue weighted by molar-refractivity contribution is 9.10. The van der Waals surface area contributed by atoms with Gasteiger partial charge in [-0.2, -0.15) is 0 Å². The van der Waals surface area contributed by atoms with Gasteiger partial charge in [0.2, 0.25) is 0 Å². The van der Waals surface area contributed by atoms with Crippen LogP contribution in [0.15, 0.2) is 22.7 Å². The molecular weight excluding hydrogens is 346 g/mol. The Hall–Kier alpha value is -1.07. The number of carboxylic acids is 1. The van der Waals surface area contributed by atoms with Crippen LogP contribution in [0.5, 0.6) is 0 Å². The molecule has 20 heavy (non-hydrogen) atoms. The van der Waals surface area contributed by atoms with E-state index in [1.54, 1.807) is 23.1 Å². The summed E-state index contributed by atoms with van der Waals surface area (Å²) in [6.07, 6.45) is 0.477. The minimum absolute atomic E-state index is 0.0119. The van der Waals surface area contributed by atoms with E-state index in [-0.39, 0.29) is 18.4 Å². The smallest absolute Gasteiger partial charge is 0.303 e. The Morgan fingerprint density at radius 3 is 2.60 bits per heavy atom. The molecule has 1 aromatic rings. The van der Waals surface area contributed by atoms with Crippen molar-refractivity contribution in [2.75, 3.05) is 6.54 Å². The van der Waals surface area contributed by atoms with Gasteiger partial charge >= 0.3 is 5.97 Å². The second-order valence-electron chi connectivity index (χ2n) is 4.71. The van der Waals surface area contributed by atoms with Crippen LogP contribution in [0.2, 0.25) is 5.02 Å². The van der Waals surface area contributed by atoms with Crippen LogP contribution >= 0.6 is 27.5 Å². The number of carbonyl (C=O) groups is 2. The fourth-order valence-electron chi connectivity index (χ4n) is 1.81. The Kier molecular flexibility index (Phi) is 6.49. The Morgan fingerprint density at radius 1 is 1.40 bits per heavy atom. The van der Waals surface area contributed by atoms with Gasteiger partial charge < -0.3 is 10.0 Å². The summed E-state index contributed by atoms with van der Waals surface area (Å²) < 4.78 is 0.677. The zero-order valence-corrected chi connectivity index (χ0v) is 13.7. The number of carboxylic acid groups (broad SMARTS) is 1. The third-order valence-corrected chi connectivity index (χ3v) is 3.76. The highest BCUT2D eigenvalue weighted by Gasteiger charge is 2.21. The van der Waals surface area contributed by atoms with Gasteiger partial charge in [-0.3, -0.25) is 9.59 Å². The van der Waals surface area contributed by atoms with Gasteiger partial charge in [0.05, 0.1) is 5.56 Å². The first-order valence-corrected chi connectivity index (χ1v) is 7.48. The summed E-state index contributed by atoms with van der Waals surface area (Å²) in [6, 6.07) is 5.03. The number of carbonyl (C=O) groups excluding carboxylic acids is 1. The molecule has 110 valence electrons. The maximum absolute atomic E-state index is 12.5. The highest BCUT2D eigenvalue weighted by Crippen LogP contribution is 2.23. The van der Waals surface area contributed by atoms with Crippen molar-refractivity contribution in [1.29, 1.82) is 0 Å². The average Bonchev–Trinajstić information content (AvgIpc) is 2.36. The lowest BCUT2D eigenvalue weighted by Gasteiger charge is -2.27. The number of rotatable bonds is 6. The molecule has 0 fully saturated rings. The van der Waals surface area contributed by atoms with Crippen molar-refractivity contribution in [2.45, 2.75) is 32.7 Å². The molecule has 1 N–H and O–H groups in total. The molecule has 0 spiro atoms. The minimum Gasteiger partial charge on any atom is -0.481 e. The van der Waals surface area contributed by atoms with Crippen molar-refractivity contribution in [3.05, 3.63) is 33.3 Å². The van der Waals surface area contributed by atoms with E-state index in [1.807, 2.05) is 13.8 Å². The van der Waals surface area contributed by atoms with E-state index in [0.29, 0.717) is 28.0 Å². The first-order chi connectivity index (χ1) is 9.32.